The van der Waals surface area contributed by atoms with Crippen LogP contribution in [-0.2, 0) is 28.6 Å². The van der Waals surface area contributed by atoms with Crippen LogP contribution in [0.1, 0.15) is 33.4 Å². The largest absolute Gasteiger partial charge is 0.428 e. The molecule has 6 aromatic rings. The number of carbonyl (C=O) groups excluding carboxylic acids is 3. The highest BCUT2D eigenvalue weighted by Crippen LogP contribution is 2.29. The summed E-state index contributed by atoms with van der Waals surface area (Å²) in [6, 6.07) is 38.7. The zero-order valence-corrected chi connectivity index (χ0v) is 27.0. The molecule has 0 aliphatic carbocycles. The molecule has 3 aromatic heterocycles. The number of rotatable bonds is 14. The van der Waals surface area contributed by atoms with Gasteiger partial charge in [0.1, 0.15) is 17.3 Å². The molecule has 0 radical (unpaired) electrons. The maximum atomic E-state index is 11.5. The molecule has 0 aliphatic heterocycles. The van der Waals surface area contributed by atoms with Gasteiger partial charge < -0.3 is 14.2 Å². The molecule has 0 amide bonds. The molecular weight excluding hydrogens is 642 g/mol. The Kier molecular flexibility index (Phi) is 11.0. The second-order valence-corrected chi connectivity index (χ2v) is 10.9. The highest BCUT2D eigenvalue weighted by atomic mass is 16.5. The number of ether oxygens (including phenoxy) is 3. The molecule has 0 saturated carbocycles. The van der Waals surface area contributed by atoms with Crippen LogP contribution in [0.15, 0.2) is 140 Å². The summed E-state index contributed by atoms with van der Waals surface area (Å²) in [5, 5.41) is 0. The van der Waals surface area contributed by atoms with Gasteiger partial charge in [-0.15, -0.1) is 0 Å². The van der Waals surface area contributed by atoms with E-state index in [0.29, 0.717) is 81.7 Å². The lowest BCUT2D eigenvalue weighted by molar-refractivity contribution is -0.123. The van der Waals surface area contributed by atoms with Gasteiger partial charge in [-0.05, 0) is 71.3 Å². The van der Waals surface area contributed by atoms with E-state index in [2.05, 4.69) is 9.97 Å². The molecule has 0 saturated heterocycles. The number of nitrogens with zero attached hydrogens (tertiary/aromatic N) is 3. The van der Waals surface area contributed by atoms with E-state index < -0.39 is 0 Å². The second-order valence-electron chi connectivity index (χ2n) is 10.9. The fourth-order valence-corrected chi connectivity index (χ4v) is 5.22. The number of aromatic nitrogens is 3. The molecule has 3 heterocycles. The zero-order chi connectivity index (χ0) is 35.3. The van der Waals surface area contributed by atoms with Crippen molar-refractivity contribution in [3.05, 3.63) is 173 Å². The Morgan fingerprint density at radius 2 is 0.745 bits per heavy atom. The Hall–Kier alpha value is -7.26. The predicted molar refractivity (Wildman–Crippen MR) is 195 cm³/mol. The van der Waals surface area contributed by atoms with E-state index in [1.54, 1.807) is 42.8 Å². The van der Waals surface area contributed by atoms with Crippen LogP contribution in [0.5, 0.6) is 0 Å². The molecule has 0 unspecified atom stereocenters. The summed E-state index contributed by atoms with van der Waals surface area (Å²) in [6.07, 6.45) is 8.51. The van der Waals surface area contributed by atoms with E-state index in [-0.39, 0.29) is 0 Å². The van der Waals surface area contributed by atoms with E-state index >= 15 is 0 Å². The minimum Gasteiger partial charge on any atom is -0.428 e. The first-order valence-corrected chi connectivity index (χ1v) is 15.7. The van der Waals surface area contributed by atoms with Crippen molar-refractivity contribution >= 4 is 54.9 Å². The van der Waals surface area contributed by atoms with Crippen molar-refractivity contribution in [1.29, 1.82) is 0 Å². The van der Waals surface area contributed by atoms with Crippen molar-refractivity contribution in [3.8, 4) is 22.8 Å². The lowest BCUT2D eigenvalue weighted by Gasteiger charge is -2.11. The monoisotopic (exact) mass is 671 g/mol. The summed E-state index contributed by atoms with van der Waals surface area (Å²) in [5.74, 6) is 1.07. The van der Waals surface area contributed by atoms with Crippen LogP contribution in [-0.4, -0.2) is 34.4 Å². The van der Waals surface area contributed by atoms with E-state index in [1.807, 2.05) is 115 Å². The Labute approximate surface area is 293 Å². The summed E-state index contributed by atoms with van der Waals surface area (Å²) >= 11 is 0. The van der Waals surface area contributed by atoms with Gasteiger partial charge in [-0.1, -0.05) is 91.0 Å². The van der Waals surface area contributed by atoms with Gasteiger partial charge in [0, 0.05) is 29.1 Å². The summed E-state index contributed by atoms with van der Waals surface area (Å²) in [7, 11) is 0. The molecule has 6 rings (SSSR count). The lowest BCUT2D eigenvalue weighted by atomic mass is 10.0. The quantitative estimate of drug-likeness (QED) is 0.0641. The van der Waals surface area contributed by atoms with Crippen molar-refractivity contribution in [2.75, 3.05) is 0 Å². The van der Waals surface area contributed by atoms with Crippen molar-refractivity contribution in [1.82, 2.24) is 15.0 Å². The number of benzene rings is 3. The summed E-state index contributed by atoms with van der Waals surface area (Å²) < 4.78 is 16.0. The molecule has 9 heteroatoms. The number of pyridine rings is 3. The van der Waals surface area contributed by atoms with Crippen LogP contribution in [0.4, 0.5) is 0 Å². The third-order valence-corrected chi connectivity index (χ3v) is 7.53. The van der Waals surface area contributed by atoms with Gasteiger partial charge in [0.05, 0.1) is 22.8 Å². The normalized spacial score (nSPS) is 11.7. The topological polar surface area (TPSA) is 118 Å². The van der Waals surface area contributed by atoms with Gasteiger partial charge in [0.25, 0.3) is 19.4 Å². The third-order valence-electron chi connectivity index (χ3n) is 7.53. The van der Waals surface area contributed by atoms with Crippen molar-refractivity contribution < 1.29 is 28.6 Å². The minimum absolute atomic E-state index is 0.333. The van der Waals surface area contributed by atoms with Gasteiger partial charge in [-0.3, -0.25) is 24.4 Å². The molecule has 9 nitrogen and oxygen atoms in total. The summed E-state index contributed by atoms with van der Waals surface area (Å²) in [4.78, 5) is 48.4. The van der Waals surface area contributed by atoms with Crippen LogP contribution in [0, 0.1) is 0 Å². The first-order chi connectivity index (χ1) is 25.1. The Morgan fingerprint density at radius 3 is 1.10 bits per heavy atom. The molecule has 0 atom stereocenters. The van der Waals surface area contributed by atoms with Crippen LogP contribution in [0.2, 0.25) is 0 Å². The minimum atomic E-state index is 0.333. The number of hydrogen-bond acceptors (Lipinski definition) is 9. The van der Waals surface area contributed by atoms with Gasteiger partial charge in [0.2, 0.25) is 0 Å². The van der Waals surface area contributed by atoms with Crippen LogP contribution in [0.25, 0.3) is 58.3 Å². The summed E-state index contributed by atoms with van der Waals surface area (Å²) in [6.45, 7) is 1.16. The van der Waals surface area contributed by atoms with E-state index in [0.717, 1.165) is 11.1 Å². The van der Waals surface area contributed by atoms with Gasteiger partial charge in [-0.2, -0.15) is 0 Å². The fraction of sp³-hybridized carbons (Fsp3) is 0. The zero-order valence-electron chi connectivity index (χ0n) is 27.0. The highest BCUT2D eigenvalue weighted by molar-refractivity contribution is 5.85. The maximum absolute atomic E-state index is 11.5. The second kappa shape index (κ2) is 16.7. The molecule has 51 heavy (non-hydrogen) atoms. The molecule has 0 bridgehead atoms. The van der Waals surface area contributed by atoms with Crippen molar-refractivity contribution in [2.24, 2.45) is 0 Å². The van der Waals surface area contributed by atoms with Gasteiger partial charge in [-0.25, -0.2) is 4.98 Å². The lowest BCUT2D eigenvalue weighted by Crippen LogP contribution is -1.96. The van der Waals surface area contributed by atoms with E-state index in [1.165, 1.54) is 0 Å². The molecule has 3 aromatic carbocycles. The number of hydrogen-bond donors (Lipinski definition) is 0. The standard InChI is InChI=1S/C42H29N3O6/c46-27-49-40(33-10-4-1-5-11-33)24-30-16-18-43-36(20-30)38-22-32(26-42(51-29-48)35-14-8-3-9-15-35)23-39(45-38)37-21-31(17-19-44-37)25-41(50-28-47)34-12-6-2-7-13-34/h1-29H. The van der Waals surface area contributed by atoms with Crippen molar-refractivity contribution in [2.45, 2.75) is 0 Å². The average Bonchev–Trinajstić information content (AvgIpc) is 3.18. The van der Waals surface area contributed by atoms with Gasteiger partial charge in [0.15, 0.2) is 0 Å². The van der Waals surface area contributed by atoms with E-state index in [4.69, 9.17) is 19.2 Å². The van der Waals surface area contributed by atoms with Crippen LogP contribution in [0.3, 0.4) is 0 Å². The molecule has 0 fully saturated rings. The van der Waals surface area contributed by atoms with Crippen molar-refractivity contribution in [3.63, 3.8) is 0 Å². The first kappa shape index (κ1) is 33.6. The smallest absolute Gasteiger partial charge is 0.298 e. The highest BCUT2D eigenvalue weighted by Gasteiger charge is 2.13. The summed E-state index contributed by atoms with van der Waals surface area (Å²) in [5.41, 5.74) is 6.31. The molecular formula is C42H29N3O6. The SMILES string of the molecule is O=COC(=Cc1ccnc(-c2cc(C=C(OC=O)c3ccccc3)cc(-c3cc(C=C(OC=O)c4ccccc4)ccn3)n2)c1)c1ccccc1. The Morgan fingerprint density at radius 1 is 0.412 bits per heavy atom. The first-order valence-electron chi connectivity index (χ1n) is 15.7. The predicted octanol–water partition coefficient (Wildman–Crippen LogP) is 8.22. The van der Waals surface area contributed by atoms with Gasteiger partial charge >= 0.3 is 0 Å². The Bertz CT molecular complexity index is 2110. The molecule has 0 aliphatic rings. The average molecular weight is 672 g/mol. The maximum Gasteiger partial charge on any atom is 0.298 e. The number of carbonyl (C=O) groups is 3. The third kappa shape index (κ3) is 8.81. The van der Waals surface area contributed by atoms with E-state index in [9.17, 15) is 14.4 Å². The van der Waals surface area contributed by atoms with Crippen LogP contribution < -0.4 is 0 Å². The fourth-order valence-electron chi connectivity index (χ4n) is 5.22. The molecule has 248 valence electrons. The van der Waals surface area contributed by atoms with Crippen LogP contribution >= 0.6 is 0 Å². The molecule has 0 spiro atoms. The molecule has 0 N–H and O–H groups in total. The Balaban J connectivity index is 1.47.